The van der Waals surface area contributed by atoms with Gasteiger partial charge in [-0.3, -0.25) is 9.59 Å². The zero-order chi connectivity index (χ0) is 11.4. The van der Waals surface area contributed by atoms with Crippen LogP contribution in [0.1, 0.15) is 40.0 Å². The molecule has 0 aliphatic carbocycles. The van der Waals surface area contributed by atoms with E-state index in [1.807, 2.05) is 4.90 Å². The summed E-state index contributed by atoms with van der Waals surface area (Å²) in [7, 11) is 0. The van der Waals surface area contributed by atoms with Crippen molar-refractivity contribution in [2.45, 2.75) is 40.0 Å². The van der Waals surface area contributed by atoms with E-state index in [1.54, 1.807) is 0 Å². The maximum atomic E-state index is 11.9. The van der Waals surface area contributed by atoms with E-state index in [1.165, 1.54) is 6.92 Å². The molecule has 3 heteroatoms. The van der Waals surface area contributed by atoms with Crippen LogP contribution in [0.2, 0.25) is 0 Å². The molecule has 0 N–H and O–H groups in total. The summed E-state index contributed by atoms with van der Waals surface area (Å²) in [6.07, 6.45) is 3.04. The fourth-order valence-corrected chi connectivity index (χ4v) is 2.30. The lowest BCUT2D eigenvalue weighted by molar-refractivity contribution is -0.136. The van der Waals surface area contributed by atoms with Gasteiger partial charge in [-0.1, -0.05) is 26.7 Å². The number of likely N-dealkylation sites (tertiary alicyclic amines) is 1. The van der Waals surface area contributed by atoms with E-state index in [4.69, 9.17) is 0 Å². The fraction of sp³-hybridized carbons (Fsp3) is 0.833. The van der Waals surface area contributed by atoms with Crippen molar-refractivity contribution in [2.75, 3.05) is 13.1 Å². The third-order valence-corrected chi connectivity index (χ3v) is 3.25. The van der Waals surface area contributed by atoms with Crippen LogP contribution < -0.4 is 0 Å². The molecule has 86 valence electrons. The molecule has 0 radical (unpaired) electrons. The quantitative estimate of drug-likeness (QED) is 0.651. The third kappa shape index (κ3) is 2.58. The standard InChI is InChI=1S/C12H21NO2/c1-4-6-7-13-8-10(5-2)11(9(3)14)12(13)15/h10-11H,4-8H2,1-3H3/t10-,11+/m1/s1. The van der Waals surface area contributed by atoms with Gasteiger partial charge in [-0.25, -0.2) is 0 Å². The van der Waals surface area contributed by atoms with Crippen LogP contribution in [0.3, 0.4) is 0 Å². The summed E-state index contributed by atoms with van der Waals surface area (Å²) in [4.78, 5) is 25.2. The van der Waals surface area contributed by atoms with Crippen LogP contribution in [-0.2, 0) is 9.59 Å². The number of carbonyl (C=O) groups is 2. The number of unbranched alkanes of at least 4 members (excludes halogenated alkanes) is 1. The number of carbonyl (C=O) groups excluding carboxylic acids is 2. The van der Waals surface area contributed by atoms with Crippen molar-refractivity contribution >= 4 is 11.7 Å². The number of nitrogens with zero attached hydrogens (tertiary/aromatic N) is 1. The molecule has 1 aliphatic rings. The molecule has 1 fully saturated rings. The SMILES string of the molecule is CCCCN1C[C@@H](CC)[C@H](C(C)=O)C1=O. The van der Waals surface area contributed by atoms with Gasteiger partial charge >= 0.3 is 0 Å². The van der Waals surface area contributed by atoms with Crippen molar-refractivity contribution < 1.29 is 9.59 Å². The number of amides is 1. The molecule has 0 aromatic rings. The Morgan fingerprint density at radius 2 is 2.13 bits per heavy atom. The summed E-state index contributed by atoms with van der Waals surface area (Å²) < 4.78 is 0. The van der Waals surface area contributed by atoms with Crippen molar-refractivity contribution in [2.24, 2.45) is 11.8 Å². The first-order valence-corrected chi connectivity index (χ1v) is 5.91. The van der Waals surface area contributed by atoms with Gasteiger partial charge in [0.05, 0.1) is 0 Å². The lowest BCUT2D eigenvalue weighted by atomic mass is 9.90. The highest BCUT2D eigenvalue weighted by atomic mass is 16.2. The molecule has 1 heterocycles. The van der Waals surface area contributed by atoms with Gasteiger partial charge in [0.25, 0.3) is 0 Å². The van der Waals surface area contributed by atoms with Gasteiger partial charge in [-0.05, 0) is 19.3 Å². The topological polar surface area (TPSA) is 37.4 Å². The lowest BCUT2D eigenvalue weighted by Gasteiger charge is -2.15. The van der Waals surface area contributed by atoms with Crippen LogP contribution in [0, 0.1) is 11.8 Å². The first-order valence-electron chi connectivity index (χ1n) is 5.91. The van der Waals surface area contributed by atoms with Gasteiger partial charge in [-0.2, -0.15) is 0 Å². The Balaban J connectivity index is 2.66. The Hall–Kier alpha value is -0.860. The van der Waals surface area contributed by atoms with Crippen molar-refractivity contribution in [3.63, 3.8) is 0 Å². The second kappa shape index (κ2) is 5.29. The van der Waals surface area contributed by atoms with E-state index in [2.05, 4.69) is 13.8 Å². The summed E-state index contributed by atoms with van der Waals surface area (Å²) in [6, 6.07) is 0. The molecule has 0 aromatic carbocycles. The monoisotopic (exact) mass is 211 g/mol. The van der Waals surface area contributed by atoms with Crippen LogP contribution in [0.15, 0.2) is 0 Å². The van der Waals surface area contributed by atoms with Crippen LogP contribution in [0.4, 0.5) is 0 Å². The minimum atomic E-state index is -0.355. The van der Waals surface area contributed by atoms with Crippen molar-refractivity contribution in [1.82, 2.24) is 4.90 Å². The molecule has 0 spiro atoms. The molecule has 0 saturated carbocycles. The van der Waals surface area contributed by atoms with Gasteiger partial charge in [0.2, 0.25) is 5.91 Å². The van der Waals surface area contributed by atoms with Crippen molar-refractivity contribution in [3.05, 3.63) is 0 Å². The number of hydrogen-bond donors (Lipinski definition) is 0. The van der Waals surface area contributed by atoms with E-state index in [0.29, 0.717) is 0 Å². The highest BCUT2D eigenvalue weighted by Crippen LogP contribution is 2.28. The molecular weight excluding hydrogens is 190 g/mol. The summed E-state index contributed by atoms with van der Waals surface area (Å²) in [6.45, 7) is 7.29. The minimum Gasteiger partial charge on any atom is -0.342 e. The first-order chi connectivity index (χ1) is 7.11. The van der Waals surface area contributed by atoms with Crippen LogP contribution in [0.25, 0.3) is 0 Å². The predicted molar refractivity (Wildman–Crippen MR) is 59.4 cm³/mol. The van der Waals surface area contributed by atoms with E-state index < -0.39 is 0 Å². The average molecular weight is 211 g/mol. The van der Waals surface area contributed by atoms with E-state index in [-0.39, 0.29) is 23.5 Å². The summed E-state index contributed by atoms with van der Waals surface area (Å²) in [5, 5.41) is 0. The molecule has 0 aromatic heterocycles. The van der Waals surface area contributed by atoms with E-state index in [0.717, 1.165) is 32.4 Å². The Morgan fingerprint density at radius 3 is 2.53 bits per heavy atom. The smallest absolute Gasteiger partial charge is 0.233 e. The van der Waals surface area contributed by atoms with Gasteiger partial charge in [-0.15, -0.1) is 0 Å². The zero-order valence-electron chi connectivity index (χ0n) is 9.95. The van der Waals surface area contributed by atoms with Gasteiger partial charge in [0.1, 0.15) is 11.7 Å². The molecule has 2 atom stereocenters. The van der Waals surface area contributed by atoms with Gasteiger partial charge < -0.3 is 4.90 Å². The van der Waals surface area contributed by atoms with E-state index in [9.17, 15) is 9.59 Å². The Bertz CT molecular complexity index is 250. The predicted octanol–water partition coefficient (Wildman–Crippen LogP) is 1.86. The summed E-state index contributed by atoms with van der Waals surface area (Å²) >= 11 is 0. The molecule has 1 amide bonds. The van der Waals surface area contributed by atoms with Crippen molar-refractivity contribution in [3.8, 4) is 0 Å². The summed E-state index contributed by atoms with van der Waals surface area (Å²) in [5.74, 6) is -0.0210. The molecule has 1 rings (SSSR count). The normalized spacial score (nSPS) is 26.1. The van der Waals surface area contributed by atoms with Crippen LogP contribution in [0.5, 0.6) is 0 Å². The maximum absolute atomic E-state index is 11.9. The Morgan fingerprint density at radius 1 is 1.47 bits per heavy atom. The minimum absolute atomic E-state index is 0.0332. The number of ketones is 1. The first kappa shape index (κ1) is 12.2. The second-order valence-electron chi connectivity index (χ2n) is 4.39. The second-order valence-corrected chi connectivity index (χ2v) is 4.39. The zero-order valence-corrected chi connectivity index (χ0v) is 9.95. The van der Waals surface area contributed by atoms with E-state index >= 15 is 0 Å². The number of hydrogen-bond acceptors (Lipinski definition) is 2. The van der Waals surface area contributed by atoms with Crippen LogP contribution >= 0.6 is 0 Å². The molecule has 1 aliphatic heterocycles. The average Bonchev–Trinajstić information content (AvgIpc) is 2.52. The molecule has 0 bridgehead atoms. The highest BCUT2D eigenvalue weighted by molar-refractivity contribution is 6.02. The van der Waals surface area contributed by atoms with Gasteiger partial charge in [0.15, 0.2) is 0 Å². The molecule has 15 heavy (non-hydrogen) atoms. The van der Waals surface area contributed by atoms with Crippen LogP contribution in [-0.4, -0.2) is 29.7 Å². The van der Waals surface area contributed by atoms with Crippen molar-refractivity contribution in [1.29, 1.82) is 0 Å². The molecule has 1 saturated heterocycles. The fourth-order valence-electron chi connectivity index (χ4n) is 2.30. The maximum Gasteiger partial charge on any atom is 0.233 e. The van der Waals surface area contributed by atoms with Gasteiger partial charge in [0, 0.05) is 13.1 Å². The molecular formula is C12H21NO2. The molecule has 3 nitrogen and oxygen atoms in total. The Labute approximate surface area is 91.8 Å². The number of rotatable bonds is 5. The molecule has 0 unspecified atom stereocenters. The largest absolute Gasteiger partial charge is 0.342 e. The highest BCUT2D eigenvalue weighted by Gasteiger charge is 2.41. The lowest BCUT2D eigenvalue weighted by Crippen LogP contribution is -2.30. The summed E-state index contributed by atoms with van der Waals surface area (Å²) in [5.41, 5.74) is 0. The number of Topliss-reactive ketones (excluding diaryl/α,β-unsaturated/α-hetero) is 1. The Kier molecular flexibility index (Phi) is 4.30. The third-order valence-electron chi connectivity index (χ3n) is 3.25.